The number of alkyl halides is 1. The van der Waals surface area contributed by atoms with Crippen molar-refractivity contribution < 1.29 is 0 Å². The van der Waals surface area contributed by atoms with Crippen molar-refractivity contribution >= 4 is 23.2 Å². The van der Waals surface area contributed by atoms with Crippen LogP contribution in [0.2, 0.25) is 5.02 Å². The number of hydrogen-bond donors (Lipinski definition) is 0. The fraction of sp³-hybridized carbons (Fsp3) is 0.250. The van der Waals surface area contributed by atoms with Gasteiger partial charge in [-0.1, -0.05) is 35.3 Å². The van der Waals surface area contributed by atoms with Crippen molar-refractivity contribution in [1.82, 2.24) is 0 Å². The lowest BCUT2D eigenvalue weighted by atomic mass is 10.1. The molecule has 4 heteroatoms. The minimum atomic E-state index is -0.819. The molecule has 1 aromatic rings. The number of halogens is 2. The van der Waals surface area contributed by atoms with E-state index in [0.717, 1.165) is 5.56 Å². The molecule has 0 amide bonds. The molecule has 0 saturated heterocycles. The summed E-state index contributed by atoms with van der Waals surface area (Å²) in [5.41, 5.74) is 0.748. The van der Waals surface area contributed by atoms with E-state index in [4.69, 9.17) is 23.2 Å². The molecule has 0 radical (unpaired) electrons. The Labute approximate surface area is 80.5 Å². The molecule has 0 spiro atoms. The molecule has 0 saturated carbocycles. The molecule has 2 nitrogen and oxygen atoms in total. The molecule has 0 N–H and O–H groups in total. The van der Waals surface area contributed by atoms with Crippen LogP contribution in [0.1, 0.15) is 16.6 Å². The molecule has 12 heavy (non-hydrogen) atoms. The number of nitrogens with zero attached hydrogens (tertiary/aromatic N) is 1. The van der Waals surface area contributed by atoms with Crippen molar-refractivity contribution in [3.8, 4) is 0 Å². The second kappa shape index (κ2) is 3.87. The number of rotatable bonds is 2. The summed E-state index contributed by atoms with van der Waals surface area (Å²) < 4.78 is 0. The Hall–Kier alpha value is -0.600. The molecule has 1 aromatic carbocycles. The summed E-state index contributed by atoms with van der Waals surface area (Å²) in [5, 5.41) is 3.36. The van der Waals surface area contributed by atoms with Crippen LogP contribution in [0.15, 0.2) is 23.4 Å². The number of nitroso groups, excluding NO2 is 1. The summed E-state index contributed by atoms with van der Waals surface area (Å²) in [6, 6.07) is 5.14. The van der Waals surface area contributed by atoms with Gasteiger partial charge >= 0.3 is 0 Å². The van der Waals surface area contributed by atoms with Gasteiger partial charge in [0.15, 0.2) is 5.50 Å². The van der Waals surface area contributed by atoms with Crippen LogP contribution in [0, 0.1) is 11.8 Å². The Kier molecular flexibility index (Phi) is 3.06. The van der Waals surface area contributed by atoms with Gasteiger partial charge in [-0.25, -0.2) is 0 Å². The predicted molar refractivity (Wildman–Crippen MR) is 50.6 cm³/mol. The van der Waals surface area contributed by atoms with Crippen molar-refractivity contribution in [2.24, 2.45) is 5.18 Å². The first-order chi connectivity index (χ1) is 5.65. The van der Waals surface area contributed by atoms with E-state index in [1.807, 2.05) is 6.92 Å². The second-order valence-corrected chi connectivity index (χ2v) is 3.27. The molecular formula is C8H7Cl2NO. The van der Waals surface area contributed by atoms with Gasteiger partial charge in [0.25, 0.3) is 0 Å². The number of benzene rings is 1. The Morgan fingerprint density at radius 2 is 2.17 bits per heavy atom. The molecule has 0 aliphatic carbocycles. The molecule has 0 fully saturated rings. The fourth-order valence-corrected chi connectivity index (χ4v) is 1.13. The quantitative estimate of drug-likeness (QED) is 0.410. The largest absolute Gasteiger partial charge is 0.190 e. The van der Waals surface area contributed by atoms with Crippen molar-refractivity contribution in [2.75, 3.05) is 0 Å². The predicted octanol–water partition coefficient (Wildman–Crippen LogP) is 3.65. The first kappa shape index (κ1) is 9.49. The highest BCUT2D eigenvalue weighted by molar-refractivity contribution is 6.31. The maximum absolute atomic E-state index is 10.1. The van der Waals surface area contributed by atoms with Crippen molar-refractivity contribution in [3.63, 3.8) is 0 Å². The maximum atomic E-state index is 10.1. The highest BCUT2D eigenvalue weighted by Gasteiger charge is 2.07. The van der Waals surface area contributed by atoms with Crippen molar-refractivity contribution in [2.45, 2.75) is 12.4 Å². The smallest absolute Gasteiger partial charge is 0.149 e. The molecule has 1 unspecified atom stereocenters. The highest BCUT2D eigenvalue weighted by atomic mass is 35.5. The summed E-state index contributed by atoms with van der Waals surface area (Å²) in [5.74, 6) is 0. The summed E-state index contributed by atoms with van der Waals surface area (Å²) in [6.45, 7) is 1.85. The summed E-state index contributed by atoms with van der Waals surface area (Å²) in [4.78, 5) is 10.1. The average Bonchev–Trinajstić information content (AvgIpc) is 2.08. The van der Waals surface area contributed by atoms with Gasteiger partial charge in [-0.3, -0.25) is 0 Å². The van der Waals surface area contributed by atoms with Crippen LogP contribution in [-0.4, -0.2) is 0 Å². The lowest BCUT2D eigenvalue weighted by Crippen LogP contribution is -1.86. The van der Waals surface area contributed by atoms with Gasteiger partial charge in [0.1, 0.15) is 0 Å². The van der Waals surface area contributed by atoms with Gasteiger partial charge in [-0.15, -0.1) is 4.91 Å². The van der Waals surface area contributed by atoms with Gasteiger partial charge in [0.2, 0.25) is 0 Å². The molecule has 64 valence electrons. The average molecular weight is 204 g/mol. The minimum Gasteiger partial charge on any atom is -0.149 e. The summed E-state index contributed by atoms with van der Waals surface area (Å²) >= 11 is 11.4. The van der Waals surface area contributed by atoms with Crippen LogP contribution < -0.4 is 0 Å². The number of aryl methyl sites for hydroxylation is 1. The summed E-state index contributed by atoms with van der Waals surface area (Å²) in [7, 11) is 0. The van der Waals surface area contributed by atoms with Crippen molar-refractivity contribution in [3.05, 3.63) is 39.3 Å². The monoisotopic (exact) mass is 203 g/mol. The van der Waals surface area contributed by atoms with E-state index in [2.05, 4.69) is 5.18 Å². The van der Waals surface area contributed by atoms with E-state index in [-0.39, 0.29) is 0 Å². The number of hydrogen-bond acceptors (Lipinski definition) is 2. The topological polar surface area (TPSA) is 29.4 Å². The molecular weight excluding hydrogens is 197 g/mol. The third-order valence-corrected chi connectivity index (χ3v) is 2.31. The van der Waals surface area contributed by atoms with Gasteiger partial charge < -0.3 is 0 Å². The van der Waals surface area contributed by atoms with Crippen LogP contribution in [0.3, 0.4) is 0 Å². The van der Waals surface area contributed by atoms with E-state index in [1.54, 1.807) is 18.2 Å². The lowest BCUT2D eigenvalue weighted by molar-refractivity contribution is 1.00. The molecule has 1 rings (SSSR count). The van der Waals surface area contributed by atoms with Crippen LogP contribution >= 0.6 is 23.2 Å². The second-order valence-electron chi connectivity index (χ2n) is 2.45. The van der Waals surface area contributed by atoms with E-state index >= 15 is 0 Å². The van der Waals surface area contributed by atoms with E-state index in [0.29, 0.717) is 10.6 Å². The Bertz CT molecular complexity index is 301. The van der Waals surface area contributed by atoms with Gasteiger partial charge in [0, 0.05) is 5.02 Å². The molecule has 0 aliphatic rings. The lowest BCUT2D eigenvalue weighted by Gasteiger charge is -2.03. The standard InChI is InChI=1S/C8H7Cl2NO/c1-5-4-6(8(10)11-12)2-3-7(5)9/h2-4,8H,1H3. The highest BCUT2D eigenvalue weighted by Crippen LogP contribution is 2.25. The van der Waals surface area contributed by atoms with Gasteiger partial charge in [-0.2, -0.15) is 0 Å². The zero-order valence-corrected chi connectivity index (χ0v) is 7.93. The van der Waals surface area contributed by atoms with Gasteiger partial charge in [-0.05, 0) is 29.3 Å². The zero-order valence-electron chi connectivity index (χ0n) is 6.42. The molecule has 0 aliphatic heterocycles. The van der Waals surface area contributed by atoms with Gasteiger partial charge in [0.05, 0.1) is 0 Å². The van der Waals surface area contributed by atoms with Crippen molar-refractivity contribution in [1.29, 1.82) is 0 Å². The zero-order chi connectivity index (χ0) is 9.14. The SMILES string of the molecule is Cc1cc(C(Cl)N=O)ccc1Cl. The maximum Gasteiger partial charge on any atom is 0.190 e. The van der Waals surface area contributed by atoms with E-state index < -0.39 is 5.50 Å². The first-order valence-electron chi connectivity index (χ1n) is 3.37. The molecule has 0 aromatic heterocycles. The third kappa shape index (κ3) is 1.96. The minimum absolute atomic E-state index is 0.661. The van der Waals surface area contributed by atoms with Crippen LogP contribution in [0.5, 0.6) is 0 Å². The first-order valence-corrected chi connectivity index (χ1v) is 4.19. The van der Waals surface area contributed by atoms with Crippen LogP contribution in [0.25, 0.3) is 0 Å². The molecule has 1 atom stereocenters. The normalized spacial score (nSPS) is 12.6. The van der Waals surface area contributed by atoms with Crippen LogP contribution in [-0.2, 0) is 0 Å². The molecule has 0 heterocycles. The third-order valence-electron chi connectivity index (χ3n) is 1.55. The van der Waals surface area contributed by atoms with E-state index in [9.17, 15) is 4.91 Å². The fourth-order valence-electron chi connectivity index (χ4n) is 0.877. The Morgan fingerprint density at radius 1 is 1.50 bits per heavy atom. The Morgan fingerprint density at radius 3 is 2.67 bits per heavy atom. The van der Waals surface area contributed by atoms with Crippen LogP contribution in [0.4, 0.5) is 0 Å². The molecule has 0 bridgehead atoms. The summed E-state index contributed by atoms with van der Waals surface area (Å²) in [6.07, 6.45) is 0. The van der Waals surface area contributed by atoms with E-state index in [1.165, 1.54) is 0 Å². The Balaban J connectivity index is 3.04.